The van der Waals surface area contributed by atoms with E-state index in [1.807, 2.05) is 0 Å². The van der Waals surface area contributed by atoms with E-state index in [0.29, 0.717) is 0 Å². The highest BCUT2D eigenvalue weighted by molar-refractivity contribution is 4.61. The average Bonchev–Trinajstić information content (AvgIpc) is 1.85. The van der Waals surface area contributed by atoms with Crippen molar-refractivity contribution in [3.8, 4) is 0 Å². The highest BCUT2D eigenvalue weighted by Crippen LogP contribution is 1.99. The van der Waals surface area contributed by atoms with Gasteiger partial charge in [0.15, 0.2) is 0 Å². The first-order chi connectivity index (χ1) is 4.57. The molecule has 0 aliphatic heterocycles. The molecule has 0 amide bonds. The van der Waals surface area contributed by atoms with Crippen LogP contribution in [-0.4, -0.2) is 42.7 Å². The number of rotatable bonds is 4. The predicted molar refractivity (Wildman–Crippen MR) is 35.2 cm³/mol. The van der Waals surface area contributed by atoms with E-state index in [4.69, 9.17) is 5.11 Å². The third kappa shape index (κ3) is 3.74. The Morgan fingerprint density at radius 2 is 2.00 bits per heavy atom. The summed E-state index contributed by atoms with van der Waals surface area (Å²) in [5.41, 5.74) is 0. The summed E-state index contributed by atoms with van der Waals surface area (Å²) in [4.78, 5) is 1.42. The lowest BCUT2D eigenvalue weighted by molar-refractivity contribution is 0.0675. The van der Waals surface area contributed by atoms with Gasteiger partial charge in [0.05, 0.1) is 13.2 Å². The third-order valence-corrected chi connectivity index (χ3v) is 1.44. The Morgan fingerprint density at radius 3 is 2.30 bits per heavy atom. The van der Waals surface area contributed by atoms with Gasteiger partial charge in [0.25, 0.3) is 6.43 Å². The molecule has 0 spiro atoms. The SMILES string of the molecule is C[C@@H](CO)N(C)CC(F)F. The molecule has 0 fully saturated rings. The molecule has 4 heteroatoms. The van der Waals surface area contributed by atoms with Gasteiger partial charge in [0.1, 0.15) is 0 Å². The molecule has 10 heavy (non-hydrogen) atoms. The molecule has 0 aromatic rings. The summed E-state index contributed by atoms with van der Waals surface area (Å²) < 4.78 is 23.3. The van der Waals surface area contributed by atoms with Crippen molar-refractivity contribution in [2.75, 3.05) is 20.2 Å². The van der Waals surface area contributed by atoms with Crippen LogP contribution in [0.1, 0.15) is 6.92 Å². The van der Waals surface area contributed by atoms with Gasteiger partial charge in [-0.2, -0.15) is 0 Å². The average molecular weight is 153 g/mol. The van der Waals surface area contributed by atoms with E-state index < -0.39 is 6.43 Å². The summed E-state index contributed by atoms with van der Waals surface area (Å²) in [5, 5.41) is 8.53. The van der Waals surface area contributed by atoms with E-state index in [1.165, 1.54) is 4.90 Å². The van der Waals surface area contributed by atoms with Crippen LogP contribution in [0.5, 0.6) is 0 Å². The van der Waals surface area contributed by atoms with Gasteiger partial charge >= 0.3 is 0 Å². The van der Waals surface area contributed by atoms with Crippen LogP contribution in [0.4, 0.5) is 8.78 Å². The Morgan fingerprint density at radius 1 is 1.50 bits per heavy atom. The lowest BCUT2D eigenvalue weighted by atomic mass is 10.3. The molecule has 0 aromatic heterocycles. The second-order valence-corrected chi connectivity index (χ2v) is 2.36. The number of hydrogen-bond acceptors (Lipinski definition) is 2. The Hall–Kier alpha value is -0.220. The minimum absolute atomic E-state index is 0.0801. The van der Waals surface area contributed by atoms with Gasteiger partial charge < -0.3 is 5.11 Å². The van der Waals surface area contributed by atoms with E-state index >= 15 is 0 Å². The number of halogens is 2. The zero-order chi connectivity index (χ0) is 8.15. The zero-order valence-electron chi connectivity index (χ0n) is 6.22. The molecule has 0 heterocycles. The molecule has 2 nitrogen and oxygen atoms in total. The normalized spacial score (nSPS) is 14.7. The first kappa shape index (κ1) is 9.78. The van der Waals surface area contributed by atoms with E-state index in [-0.39, 0.29) is 19.2 Å². The van der Waals surface area contributed by atoms with Crippen LogP contribution in [0, 0.1) is 0 Å². The monoisotopic (exact) mass is 153 g/mol. The van der Waals surface area contributed by atoms with Crippen molar-refractivity contribution in [1.82, 2.24) is 4.90 Å². The van der Waals surface area contributed by atoms with Gasteiger partial charge in [0.2, 0.25) is 0 Å². The second kappa shape index (κ2) is 4.57. The van der Waals surface area contributed by atoms with Gasteiger partial charge in [-0.1, -0.05) is 0 Å². The fourth-order valence-electron chi connectivity index (χ4n) is 0.537. The van der Waals surface area contributed by atoms with Crippen molar-refractivity contribution in [1.29, 1.82) is 0 Å². The molecule has 0 saturated heterocycles. The van der Waals surface area contributed by atoms with Crippen molar-refractivity contribution in [2.45, 2.75) is 19.4 Å². The maximum atomic E-state index is 11.7. The Labute approximate surface area is 59.4 Å². The van der Waals surface area contributed by atoms with E-state index in [9.17, 15) is 8.78 Å². The molecule has 0 aromatic carbocycles. The van der Waals surface area contributed by atoms with Gasteiger partial charge in [-0.05, 0) is 14.0 Å². The Balaban J connectivity index is 3.50. The van der Waals surface area contributed by atoms with E-state index in [1.54, 1.807) is 14.0 Å². The van der Waals surface area contributed by atoms with Gasteiger partial charge in [-0.3, -0.25) is 4.90 Å². The van der Waals surface area contributed by atoms with Crippen LogP contribution in [0.25, 0.3) is 0 Å². The Bertz CT molecular complexity index is 89.8. The molecule has 0 unspecified atom stereocenters. The first-order valence-electron chi connectivity index (χ1n) is 3.17. The van der Waals surface area contributed by atoms with Crippen LogP contribution < -0.4 is 0 Å². The first-order valence-corrected chi connectivity index (χ1v) is 3.17. The standard InChI is InChI=1S/C6H13F2NO/c1-5(4-10)9(2)3-6(7)8/h5-6,10H,3-4H2,1-2H3/t5-/m0/s1. The second-order valence-electron chi connectivity index (χ2n) is 2.36. The maximum absolute atomic E-state index is 11.7. The van der Waals surface area contributed by atoms with Crippen LogP contribution in [0.3, 0.4) is 0 Å². The molecule has 1 N–H and O–H groups in total. The number of hydrogen-bond donors (Lipinski definition) is 1. The van der Waals surface area contributed by atoms with Crippen molar-refractivity contribution >= 4 is 0 Å². The van der Waals surface area contributed by atoms with Crippen LogP contribution >= 0.6 is 0 Å². The molecule has 0 saturated carbocycles. The summed E-state index contributed by atoms with van der Waals surface area (Å²) >= 11 is 0. The summed E-state index contributed by atoms with van der Waals surface area (Å²) in [7, 11) is 1.56. The summed E-state index contributed by atoms with van der Waals surface area (Å²) in [6.45, 7) is 1.34. The molecule has 1 atom stereocenters. The van der Waals surface area contributed by atoms with Gasteiger partial charge in [0, 0.05) is 6.04 Å². The number of likely N-dealkylation sites (N-methyl/N-ethyl adjacent to an activating group) is 1. The molecule has 0 radical (unpaired) electrons. The van der Waals surface area contributed by atoms with Crippen LogP contribution in [0.15, 0.2) is 0 Å². The number of aliphatic hydroxyl groups is 1. The van der Waals surface area contributed by atoms with Crippen molar-refractivity contribution in [3.05, 3.63) is 0 Å². The molecule has 0 bridgehead atoms. The summed E-state index contributed by atoms with van der Waals surface area (Å²) in [6, 6.07) is -0.186. The lowest BCUT2D eigenvalue weighted by Gasteiger charge is -2.21. The van der Waals surface area contributed by atoms with Crippen LogP contribution in [-0.2, 0) is 0 Å². The van der Waals surface area contributed by atoms with Gasteiger partial charge in [-0.15, -0.1) is 0 Å². The largest absolute Gasteiger partial charge is 0.395 e. The van der Waals surface area contributed by atoms with E-state index in [2.05, 4.69) is 0 Å². The number of alkyl halides is 2. The topological polar surface area (TPSA) is 23.5 Å². The highest BCUT2D eigenvalue weighted by atomic mass is 19.3. The fourth-order valence-corrected chi connectivity index (χ4v) is 0.537. The maximum Gasteiger partial charge on any atom is 0.251 e. The fraction of sp³-hybridized carbons (Fsp3) is 1.00. The molecule has 0 aliphatic rings. The van der Waals surface area contributed by atoms with Crippen molar-refractivity contribution in [2.24, 2.45) is 0 Å². The lowest BCUT2D eigenvalue weighted by Crippen LogP contribution is -2.35. The minimum atomic E-state index is -2.32. The van der Waals surface area contributed by atoms with Crippen molar-refractivity contribution in [3.63, 3.8) is 0 Å². The van der Waals surface area contributed by atoms with Crippen molar-refractivity contribution < 1.29 is 13.9 Å². The number of nitrogens with zero attached hydrogens (tertiary/aromatic N) is 1. The minimum Gasteiger partial charge on any atom is -0.395 e. The molecule has 0 rings (SSSR count). The predicted octanol–water partition coefficient (Wildman–Crippen LogP) is 0.564. The molecule has 0 aliphatic carbocycles. The molecular formula is C6H13F2NO. The van der Waals surface area contributed by atoms with Gasteiger partial charge in [-0.25, -0.2) is 8.78 Å². The molecular weight excluding hydrogens is 140 g/mol. The highest BCUT2D eigenvalue weighted by Gasteiger charge is 2.12. The quantitative estimate of drug-likeness (QED) is 0.638. The van der Waals surface area contributed by atoms with Crippen LogP contribution in [0.2, 0.25) is 0 Å². The molecule has 62 valence electrons. The Kier molecular flexibility index (Phi) is 4.47. The zero-order valence-corrected chi connectivity index (χ0v) is 6.22. The summed E-state index contributed by atoms with van der Waals surface area (Å²) in [6.07, 6.45) is -2.32. The number of aliphatic hydroxyl groups excluding tert-OH is 1. The van der Waals surface area contributed by atoms with E-state index in [0.717, 1.165) is 0 Å². The summed E-state index contributed by atoms with van der Waals surface area (Å²) in [5.74, 6) is 0. The third-order valence-electron chi connectivity index (χ3n) is 1.44. The smallest absolute Gasteiger partial charge is 0.251 e.